The van der Waals surface area contributed by atoms with Gasteiger partial charge in [-0.3, -0.25) is 4.79 Å². The Hall–Kier alpha value is -1.63. The molecule has 2 N–H and O–H groups in total. The van der Waals surface area contributed by atoms with Gasteiger partial charge in [0.05, 0.1) is 10.7 Å². The third kappa shape index (κ3) is 4.92. The van der Waals surface area contributed by atoms with Crippen LogP contribution in [0.4, 0.5) is 17.1 Å². The van der Waals surface area contributed by atoms with Gasteiger partial charge in [-0.2, -0.15) is 0 Å². The second-order valence-corrected chi connectivity index (χ2v) is 6.56. The highest BCUT2D eigenvalue weighted by molar-refractivity contribution is 9.10. The largest absolute Gasteiger partial charge is 0.332 e. The molecule has 0 saturated heterocycles. The van der Waals surface area contributed by atoms with E-state index >= 15 is 0 Å². The Morgan fingerprint density at radius 3 is 2.39 bits per heavy atom. The zero-order chi connectivity index (χ0) is 17.0. The van der Waals surface area contributed by atoms with E-state index in [1.807, 2.05) is 36.4 Å². The lowest BCUT2D eigenvalue weighted by Crippen LogP contribution is -2.23. The lowest BCUT2D eigenvalue weighted by molar-refractivity contribution is -0.116. The van der Waals surface area contributed by atoms with Gasteiger partial charge in [-0.15, -0.1) is 0 Å². The van der Waals surface area contributed by atoms with E-state index in [9.17, 15) is 4.79 Å². The van der Waals surface area contributed by atoms with Gasteiger partial charge in [0, 0.05) is 29.8 Å². The quantitative estimate of drug-likeness (QED) is 0.704. The zero-order valence-electron chi connectivity index (χ0n) is 12.6. The van der Waals surface area contributed by atoms with E-state index in [-0.39, 0.29) is 5.91 Å². The Kier molecular flexibility index (Phi) is 5.98. The Morgan fingerprint density at radius 2 is 1.83 bits per heavy atom. The van der Waals surface area contributed by atoms with Crippen molar-refractivity contribution in [3.8, 4) is 0 Å². The summed E-state index contributed by atoms with van der Waals surface area (Å²) < 4.78 is 0.900. The fourth-order valence-electron chi connectivity index (χ4n) is 1.83. The first kappa shape index (κ1) is 17.7. The number of hydrogen-bond donors (Lipinski definition) is 2. The van der Waals surface area contributed by atoms with Crippen molar-refractivity contribution in [2.24, 2.45) is 0 Å². The van der Waals surface area contributed by atoms with Crippen LogP contribution in [0.1, 0.15) is 6.92 Å². The number of thiocarbonyl (C=S) groups is 1. The van der Waals surface area contributed by atoms with Crippen molar-refractivity contribution in [1.82, 2.24) is 0 Å². The smallest absolute Gasteiger partial charge is 0.223 e. The maximum atomic E-state index is 11.3. The van der Waals surface area contributed by atoms with Crippen LogP contribution < -0.4 is 15.5 Å². The molecule has 0 fully saturated rings. The van der Waals surface area contributed by atoms with Crippen molar-refractivity contribution < 1.29 is 4.79 Å². The van der Waals surface area contributed by atoms with E-state index in [2.05, 4.69) is 26.6 Å². The molecule has 0 unspecified atom stereocenters. The molecular formula is C16H15BrClN3OS. The number of nitrogens with zero attached hydrogens (tertiary/aromatic N) is 1. The average Bonchev–Trinajstić information content (AvgIpc) is 2.50. The van der Waals surface area contributed by atoms with Gasteiger partial charge in [-0.25, -0.2) is 0 Å². The Bertz CT molecular complexity index is 737. The van der Waals surface area contributed by atoms with E-state index in [1.165, 1.54) is 6.92 Å². The number of benzene rings is 2. The second-order valence-electron chi connectivity index (χ2n) is 4.83. The van der Waals surface area contributed by atoms with Gasteiger partial charge in [0.1, 0.15) is 0 Å². The average molecular weight is 413 g/mol. The SMILES string of the molecule is CC(=O)N(C)c1ccc(NC(=S)Nc2ccc(Br)cc2Cl)cc1. The number of anilines is 3. The van der Waals surface area contributed by atoms with Gasteiger partial charge in [-0.05, 0) is 54.7 Å². The van der Waals surface area contributed by atoms with Crippen molar-refractivity contribution >= 4 is 67.8 Å². The third-order valence-electron chi connectivity index (χ3n) is 3.16. The summed E-state index contributed by atoms with van der Waals surface area (Å²) >= 11 is 14.8. The van der Waals surface area contributed by atoms with Gasteiger partial charge in [0.15, 0.2) is 5.11 Å². The van der Waals surface area contributed by atoms with Gasteiger partial charge in [0.25, 0.3) is 0 Å². The molecule has 1 amide bonds. The van der Waals surface area contributed by atoms with Crippen LogP contribution in [-0.4, -0.2) is 18.1 Å². The minimum absolute atomic E-state index is 0.0206. The van der Waals surface area contributed by atoms with Crippen LogP contribution in [0, 0.1) is 0 Å². The van der Waals surface area contributed by atoms with Crippen molar-refractivity contribution in [2.45, 2.75) is 6.92 Å². The molecule has 7 heteroatoms. The van der Waals surface area contributed by atoms with E-state index in [4.69, 9.17) is 23.8 Å². The molecule has 0 aliphatic heterocycles. The number of rotatable bonds is 3. The molecule has 0 radical (unpaired) electrons. The number of carbonyl (C=O) groups is 1. The lowest BCUT2D eigenvalue weighted by atomic mass is 10.2. The Morgan fingerprint density at radius 1 is 1.17 bits per heavy atom. The zero-order valence-corrected chi connectivity index (χ0v) is 15.7. The van der Waals surface area contributed by atoms with E-state index < -0.39 is 0 Å². The molecule has 0 aromatic heterocycles. The maximum Gasteiger partial charge on any atom is 0.223 e. The number of carbonyl (C=O) groups excluding carboxylic acids is 1. The summed E-state index contributed by atoms with van der Waals surface area (Å²) in [6.45, 7) is 1.52. The molecule has 0 bridgehead atoms. The summed E-state index contributed by atoms with van der Waals surface area (Å²) in [6, 6.07) is 12.9. The fourth-order valence-corrected chi connectivity index (χ4v) is 2.77. The third-order valence-corrected chi connectivity index (χ3v) is 4.17. The highest BCUT2D eigenvalue weighted by Gasteiger charge is 2.06. The Labute approximate surface area is 153 Å². The molecule has 23 heavy (non-hydrogen) atoms. The number of halogens is 2. The molecule has 120 valence electrons. The fraction of sp³-hybridized carbons (Fsp3) is 0.125. The van der Waals surface area contributed by atoms with Gasteiger partial charge >= 0.3 is 0 Å². The molecule has 2 aromatic carbocycles. The lowest BCUT2D eigenvalue weighted by Gasteiger charge is -2.16. The first-order valence-electron chi connectivity index (χ1n) is 6.74. The summed E-state index contributed by atoms with van der Waals surface area (Å²) in [7, 11) is 1.73. The van der Waals surface area contributed by atoms with Crippen molar-refractivity contribution in [3.05, 3.63) is 52.0 Å². The van der Waals surface area contributed by atoms with Crippen molar-refractivity contribution in [3.63, 3.8) is 0 Å². The van der Waals surface area contributed by atoms with Crippen molar-refractivity contribution in [1.29, 1.82) is 0 Å². The van der Waals surface area contributed by atoms with Crippen LogP contribution in [0.3, 0.4) is 0 Å². The Balaban J connectivity index is 2.01. The molecule has 0 heterocycles. The molecule has 4 nitrogen and oxygen atoms in total. The second kappa shape index (κ2) is 7.77. The van der Waals surface area contributed by atoms with Crippen LogP contribution in [0.5, 0.6) is 0 Å². The first-order chi connectivity index (χ1) is 10.9. The summed E-state index contributed by atoms with van der Waals surface area (Å²) in [5.74, 6) is -0.0206. The predicted octanol–water partition coefficient (Wildman–Crippen LogP) is 4.89. The summed E-state index contributed by atoms with van der Waals surface area (Å²) in [5, 5.41) is 7.12. The summed E-state index contributed by atoms with van der Waals surface area (Å²) in [6.07, 6.45) is 0. The summed E-state index contributed by atoms with van der Waals surface area (Å²) in [5.41, 5.74) is 2.36. The predicted molar refractivity (Wildman–Crippen MR) is 105 cm³/mol. The summed E-state index contributed by atoms with van der Waals surface area (Å²) in [4.78, 5) is 12.9. The van der Waals surface area contributed by atoms with Crippen LogP contribution in [0.2, 0.25) is 5.02 Å². The van der Waals surface area contributed by atoms with Gasteiger partial charge in [0.2, 0.25) is 5.91 Å². The molecule has 2 rings (SSSR count). The molecule has 0 atom stereocenters. The molecule has 0 aliphatic rings. The number of nitrogens with one attached hydrogen (secondary N) is 2. The highest BCUT2D eigenvalue weighted by Crippen LogP contribution is 2.26. The van der Waals surface area contributed by atoms with Crippen LogP contribution >= 0.6 is 39.7 Å². The molecule has 2 aromatic rings. The highest BCUT2D eigenvalue weighted by atomic mass is 79.9. The normalized spacial score (nSPS) is 10.1. The van der Waals surface area contributed by atoms with Gasteiger partial charge in [-0.1, -0.05) is 27.5 Å². The van der Waals surface area contributed by atoms with Crippen LogP contribution in [0.25, 0.3) is 0 Å². The van der Waals surface area contributed by atoms with E-state index in [0.29, 0.717) is 10.1 Å². The minimum Gasteiger partial charge on any atom is -0.332 e. The standard InChI is InChI=1S/C16H15BrClN3OS/c1-10(22)21(2)13-6-4-12(5-7-13)19-16(23)20-15-8-3-11(17)9-14(15)18/h3-9H,1-2H3,(H2,19,20,23). The van der Waals surface area contributed by atoms with Crippen LogP contribution in [0.15, 0.2) is 46.9 Å². The first-order valence-corrected chi connectivity index (χ1v) is 8.32. The molecule has 0 aliphatic carbocycles. The monoisotopic (exact) mass is 411 g/mol. The van der Waals surface area contributed by atoms with E-state index in [1.54, 1.807) is 18.0 Å². The minimum atomic E-state index is -0.0206. The molecule has 0 spiro atoms. The molecular weight excluding hydrogens is 398 g/mol. The number of hydrogen-bond acceptors (Lipinski definition) is 2. The topological polar surface area (TPSA) is 44.4 Å². The number of amides is 1. The molecule has 0 saturated carbocycles. The van der Waals surface area contributed by atoms with Crippen LogP contribution in [-0.2, 0) is 4.79 Å². The van der Waals surface area contributed by atoms with Crippen molar-refractivity contribution in [2.75, 3.05) is 22.6 Å². The van der Waals surface area contributed by atoms with E-state index in [0.717, 1.165) is 21.5 Å². The maximum absolute atomic E-state index is 11.3. The van der Waals surface area contributed by atoms with Gasteiger partial charge < -0.3 is 15.5 Å².